The molecule has 2 unspecified atom stereocenters. The van der Waals surface area contributed by atoms with Gasteiger partial charge in [0.1, 0.15) is 11.6 Å². The van der Waals surface area contributed by atoms with Gasteiger partial charge in [-0.2, -0.15) is 0 Å². The lowest BCUT2D eigenvalue weighted by Gasteiger charge is -2.30. The number of carbonyl (C=O) groups is 4. The lowest BCUT2D eigenvalue weighted by atomic mass is 10.0. The van der Waals surface area contributed by atoms with Gasteiger partial charge in [0.2, 0.25) is 0 Å². The number of carboxylic acids is 1. The average Bonchev–Trinajstić information content (AvgIpc) is 3.28. The fourth-order valence-electron chi connectivity index (χ4n) is 3.72. The van der Waals surface area contributed by atoms with E-state index in [1.165, 1.54) is 30.3 Å². The van der Waals surface area contributed by atoms with Crippen LogP contribution < -0.4 is 10.6 Å². The van der Waals surface area contributed by atoms with Crippen LogP contribution in [0, 0.1) is 11.6 Å². The molecule has 11 heteroatoms. The van der Waals surface area contributed by atoms with Crippen LogP contribution in [0.2, 0.25) is 0 Å². The summed E-state index contributed by atoms with van der Waals surface area (Å²) in [7, 11) is 0. The van der Waals surface area contributed by atoms with Gasteiger partial charge in [-0.3, -0.25) is 19.3 Å². The summed E-state index contributed by atoms with van der Waals surface area (Å²) in [6.07, 6.45) is -0.477. The predicted molar refractivity (Wildman–Crippen MR) is 121 cm³/mol. The van der Waals surface area contributed by atoms with Crippen LogP contribution in [-0.4, -0.2) is 64.5 Å². The fourth-order valence-corrected chi connectivity index (χ4v) is 3.72. The Kier molecular flexibility index (Phi) is 8.13. The number of nitrogens with one attached hydrogen (secondary N) is 2. The van der Waals surface area contributed by atoms with Gasteiger partial charge in [-0.05, 0) is 42.0 Å². The van der Waals surface area contributed by atoms with Crippen molar-refractivity contribution in [2.45, 2.75) is 18.6 Å². The van der Waals surface area contributed by atoms with Crippen LogP contribution >= 0.6 is 0 Å². The molecular formula is C24H24F2N4O5. The Bertz CT molecular complexity index is 1110. The number of halogens is 2. The summed E-state index contributed by atoms with van der Waals surface area (Å²) in [5.41, 5.74) is 0.442. The van der Waals surface area contributed by atoms with Gasteiger partial charge in [0.25, 0.3) is 11.8 Å². The first-order chi connectivity index (χ1) is 16.7. The zero-order valence-corrected chi connectivity index (χ0v) is 18.6. The number of nitrogens with zero attached hydrogens (tertiary/aromatic N) is 2. The summed E-state index contributed by atoms with van der Waals surface area (Å²) in [6, 6.07) is 7.99. The van der Waals surface area contributed by atoms with Gasteiger partial charge in [-0.15, -0.1) is 6.58 Å². The van der Waals surface area contributed by atoms with Crippen molar-refractivity contribution in [2.24, 2.45) is 0 Å². The topological polar surface area (TPSA) is 119 Å². The van der Waals surface area contributed by atoms with Crippen LogP contribution in [0.1, 0.15) is 28.4 Å². The van der Waals surface area contributed by atoms with E-state index in [1.807, 2.05) is 0 Å². The number of rotatable bonds is 8. The van der Waals surface area contributed by atoms with E-state index >= 15 is 0 Å². The Morgan fingerprint density at radius 3 is 2.14 bits per heavy atom. The highest BCUT2D eigenvalue weighted by molar-refractivity contribution is 5.99. The van der Waals surface area contributed by atoms with Crippen molar-refractivity contribution >= 4 is 23.8 Å². The second-order valence-corrected chi connectivity index (χ2v) is 7.76. The molecule has 1 heterocycles. The van der Waals surface area contributed by atoms with E-state index in [1.54, 1.807) is 0 Å². The second kappa shape index (κ2) is 11.2. The maximum Gasteiger partial charge on any atom is 0.319 e. The Hall–Kier alpha value is -4.28. The van der Waals surface area contributed by atoms with E-state index in [0.29, 0.717) is 5.56 Å². The van der Waals surface area contributed by atoms with Crippen molar-refractivity contribution in [1.82, 2.24) is 20.4 Å². The van der Waals surface area contributed by atoms with Gasteiger partial charge < -0.3 is 20.6 Å². The first-order valence-corrected chi connectivity index (χ1v) is 10.7. The molecule has 1 saturated heterocycles. The zero-order chi connectivity index (χ0) is 25.5. The second-order valence-electron chi connectivity index (χ2n) is 7.76. The summed E-state index contributed by atoms with van der Waals surface area (Å²) in [6.45, 7) is 3.67. The lowest BCUT2D eigenvalue weighted by Crippen LogP contribution is -2.56. The maximum atomic E-state index is 13.4. The normalized spacial score (nSPS) is 15.9. The van der Waals surface area contributed by atoms with Crippen molar-refractivity contribution in [2.75, 3.05) is 19.6 Å². The highest BCUT2D eigenvalue weighted by Crippen LogP contribution is 2.22. The highest BCUT2D eigenvalue weighted by Gasteiger charge is 2.43. The molecule has 2 aromatic carbocycles. The molecule has 9 nitrogen and oxygen atoms in total. The van der Waals surface area contributed by atoms with E-state index in [4.69, 9.17) is 0 Å². The first-order valence-electron chi connectivity index (χ1n) is 10.7. The number of amides is 4. The molecule has 35 heavy (non-hydrogen) atoms. The highest BCUT2D eigenvalue weighted by atomic mass is 19.1. The molecule has 0 aromatic heterocycles. The molecule has 4 amide bonds. The smallest absolute Gasteiger partial charge is 0.319 e. The van der Waals surface area contributed by atoms with Gasteiger partial charge in [0.05, 0.1) is 12.5 Å². The van der Waals surface area contributed by atoms with E-state index in [2.05, 4.69) is 17.2 Å². The van der Waals surface area contributed by atoms with Crippen LogP contribution in [-0.2, 0) is 9.59 Å². The molecule has 0 bridgehead atoms. The third-order valence-electron chi connectivity index (χ3n) is 5.38. The maximum absolute atomic E-state index is 13.4. The van der Waals surface area contributed by atoms with Crippen LogP contribution in [0.3, 0.4) is 0 Å². The number of carboxylic acid groups (broad SMARTS) is 1. The van der Waals surface area contributed by atoms with Crippen LogP contribution in [0.25, 0.3) is 0 Å². The molecule has 1 fully saturated rings. The predicted octanol–water partition coefficient (Wildman–Crippen LogP) is 2.28. The molecule has 2 aromatic rings. The zero-order valence-electron chi connectivity index (χ0n) is 18.6. The van der Waals surface area contributed by atoms with E-state index < -0.39 is 54.1 Å². The van der Waals surface area contributed by atoms with Crippen molar-refractivity contribution < 1.29 is 33.1 Å². The quantitative estimate of drug-likeness (QED) is 0.495. The van der Waals surface area contributed by atoms with Crippen LogP contribution in [0.15, 0.2) is 61.2 Å². The molecule has 3 rings (SSSR count). The van der Waals surface area contributed by atoms with E-state index in [0.717, 1.165) is 34.1 Å². The molecule has 1 aliphatic rings. The molecule has 2 atom stereocenters. The number of hydrogen-bond acceptors (Lipinski definition) is 4. The molecule has 0 saturated carbocycles. The lowest BCUT2D eigenvalue weighted by molar-refractivity contribution is -0.138. The van der Waals surface area contributed by atoms with E-state index in [-0.39, 0.29) is 25.2 Å². The summed E-state index contributed by atoms with van der Waals surface area (Å²) < 4.78 is 26.7. The van der Waals surface area contributed by atoms with Gasteiger partial charge in [0, 0.05) is 25.2 Å². The van der Waals surface area contributed by atoms with Crippen LogP contribution in [0.4, 0.5) is 13.6 Å². The largest absolute Gasteiger partial charge is 0.481 e. The minimum Gasteiger partial charge on any atom is -0.481 e. The molecular weight excluding hydrogens is 462 g/mol. The minimum absolute atomic E-state index is 0.00987. The number of benzene rings is 2. The van der Waals surface area contributed by atoms with Gasteiger partial charge >= 0.3 is 12.0 Å². The van der Waals surface area contributed by atoms with Gasteiger partial charge in [0.15, 0.2) is 6.17 Å². The molecule has 0 aliphatic carbocycles. The van der Waals surface area contributed by atoms with Gasteiger partial charge in [-0.1, -0.05) is 18.2 Å². The number of urea groups is 1. The van der Waals surface area contributed by atoms with Crippen molar-refractivity contribution in [1.29, 1.82) is 0 Å². The molecule has 3 N–H and O–H groups in total. The third-order valence-corrected chi connectivity index (χ3v) is 5.38. The molecule has 1 aliphatic heterocycles. The third kappa shape index (κ3) is 6.19. The summed E-state index contributed by atoms with van der Waals surface area (Å²) in [5.74, 6) is -3.71. The van der Waals surface area contributed by atoms with E-state index in [9.17, 15) is 33.1 Å². The van der Waals surface area contributed by atoms with Crippen molar-refractivity contribution in [3.8, 4) is 0 Å². The Balaban J connectivity index is 1.91. The SMILES string of the molecule is C=CCNC(=O)N1CCN(C(=O)c2ccc(F)cc2)C1C(=O)NC(CC(=O)O)c1ccc(F)cc1. The summed E-state index contributed by atoms with van der Waals surface area (Å²) >= 11 is 0. The molecule has 0 radical (unpaired) electrons. The minimum atomic E-state index is -1.41. The summed E-state index contributed by atoms with van der Waals surface area (Å²) in [4.78, 5) is 53.0. The monoisotopic (exact) mass is 486 g/mol. The number of aliphatic carboxylic acids is 1. The van der Waals surface area contributed by atoms with Crippen molar-refractivity contribution in [3.63, 3.8) is 0 Å². The Morgan fingerprint density at radius 2 is 1.57 bits per heavy atom. The fraction of sp³-hybridized carbons (Fsp3) is 0.250. The molecule has 184 valence electrons. The van der Waals surface area contributed by atoms with Crippen molar-refractivity contribution in [3.05, 3.63) is 83.9 Å². The Labute approximate surface area is 200 Å². The van der Waals surface area contributed by atoms with Gasteiger partial charge in [-0.25, -0.2) is 13.6 Å². The number of hydrogen-bond donors (Lipinski definition) is 3. The average molecular weight is 486 g/mol. The number of carbonyl (C=O) groups excluding carboxylic acids is 3. The summed E-state index contributed by atoms with van der Waals surface area (Å²) in [5, 5.41) is 14.5. The Morgan fingerprint density at radius 1 is 1.00 bits per heavy atom. The van der Waals surface area contributed by atoms with Crippen LogP contribution in [0.5, 0.6) is 0 Å². The first kappa shape index (κ1) is 25.3. The molecule has 0 spiro atoms. The standard InChI is InChI=1S/C24H24F2N4O5/c1-2-11-27-24(35)30-13-12-29(23(34)16-5-9-18(26)10-6-16)22(30)21(33)28-19(14-20(31)32)15-3-7-17(25)8-4-15/h2-10,19,22H,1,11-14H2,(H,27,35)(H,28,33)(H,31,32).